The fourth-order valence-electron chi connectivity index (χ4n) is 2.01. The Morgan fingerprint density at radius 3 is 2.17 bits per heavy atom. The largest absolute Gasteiger partial charge is 0.493 e. The van der Waals surface area contributed by atoms with Crippen molar-refractivity contribution in [2.45, 2.75) is 13.0 Å². The van der Waals surface area contributed by atoms with Gasteiger partial charge in [0.2, 0.25) is 11.6 Å². The average molecular weight is 322 g/mol. The Balaban J connectivity index is 2.25. The quantitative estimate of drug-likeness (QED) is 0.807. The van der Waals surface area contributed by atoms with E-state index in [2.05, 4.69) is 9.68 Å². The first-order chi connectivity index (χ1) is 11.0. The third-order valence-corrected chi connectivity index (χ3v) is 3.18. The molecular weight excluding hydrogens is 304 g/mol. The molecule has 1 atom stereocenters. The van der Waals surface area contributed by atoms with E-state index < -0.39 is 12.1 Å². The van der Waals surface area contributed by atoms with Gasteiger partial charge < -0.3 is 29.2 Å². The van der Waals surface area contributed by atoms with E-state index in [0.717, 1.165) is 0 Å². The van der Waals surface area contributed by atoms with Crippen molar-refractivity contribution in [3.05, 3.63) is 29.5 Å². The number of ether oxygens (including phenoxy) is 4. The Kier molecular flexibility index (Phi) is 4.95. The number of methoxy groups -OCH3 is 3. The molecule has 124 valence electrons. The summed E-state index contributed by atoms with van der Waals surface area (Å²) in [7, 11) is 4.53. The van der Waals surface area contributed by atoms with Gasteiger partial charge in [-0.05, 0) is 24.6 Å². The second kappa shape index (κ2) is 6.91. The second-order valence-electron chi connectivity index (χ2n) is 4.62. The number of hydrogen-bond acceptors (Lipinski definition) is 8. The number of hydrogen-bond donors (Lipinski definition) is 1. The lowest BCUT2D eigenvalue weighted by Crippen LogP contribution is -2.10. The summed E-state index contributed by atoms with van der Waals surface area (Å²) in [4.78, 5) is 12.0. The number of nitrogen functional groups attached to an aromatic ring is 1. The summed E-state index contributed by atoms with van der Waals surface area (Å²) in [5, 5.41) is 3.51. The number of benzene rings is 1. The number of carbonyl (C=O) groups excluding carboxylic acids is 1. The monoisotopic (exact) mass is 322 g/mol. The zero-order chi connectivity index (χ0) is 17.0. The third kappa shape index (κ3) is 3.47. The Morgan fingerprint density at radius 2 is 1.74 bits per heavy atom. The lowest BCUT2D eigenvalue weighted by molar-refractivity contribution is 0.0325. The van der Waals surface area contributed by atoms with Gasteiger partial charge in [-0.3, -0.25) is 0 Å². The van der Waals surface area contributed by atoms with Crippen LogP contribution in [0.25, 0.3) is 0 Å². The molecule has 1 unspecified atom stereocenters. The minimum absolute atomic E-state index is 0.00166. The molecule has 23 heavy (non-hydrogen) atoms. The summed E-state index contributed by atoms with van der Waals surface area (Å²) < 4.78 is 25.8. The number of nitrogens with zero attached hydrogens (tertiary/aromatic N) is 1. The standard InChI is InChI=1S/C15H18N2O6/c1-8(22-15(18)10-7-13(16)23-17-10)9-5-11(19-2)14(21-4)12(6-9)20-3/h5-8H,16H2,1-4H3. The molecule has 0 amide bonds. The molecule has 0 bridgehead atoms. The molecule has 0 radical (unpaired) electrons. The maximum absolute atomic E-state index is 12.0. The summed E-state index contributed by atoms with van der Waals surface area (Å²) in [6.45, 7) is 1.71. The number of nitrogens with two attached hydrogens (primary N) is 1. The average Bonchev–Trinajstić information content (AvgIpc) is 2.99. The number of aromatic nitrogens is 1. The zero-order valence-corrected chi connectivity index (χ0v) is 13.3. The molecule has 0 spiro atoms. The van der Waals surface area contributed by atoms with E-state index in [9.17, 15) is 4.79 Å². The van der Waals surface area contributed by atoms with Gasteiger partial charge in [-0.25, -0.2) is 4.79 Å². The maximum Gasteiger partial charge on any atom is 0.361 e. The van der Waals surface area contributed by atoms with Crippen LogP contribution in [0.15, 0.2) is 22.7 Å². The van der Waals surface area contributed by atoms with E-state index in [-0.39, 0.29) is 11.6 Å². The van der Waals surface area contributed by atoms with E-state index in [1.54, 1.807) is 19.1 Å². The van der Waals surface area contributed by atoms with Crippen LogP contribution in [0.4, 0.5) is 5.88 Å². The molecule has 2 N–H and O–H groups in total. The lowest BCUT2D eigenvalue weighted by Gasteiger charge is -2.17. The first-order valence-electron chi connectivity index (χ1n) is 6.73. The van der Waals surface area contributed by atoms with E-state index in [4.69, 9.17) is 24.7 Å². The van der Waals surface area contributed by atoms with Crippen LogP contribution in [0.2, 0.25) is 0 Å². The van der Waals surface area contributed by atoms with Crippen LogP contribution in [0, 0.1) is 0 Å². The molecule has 0 aliphatic carbocycles. The Morgan fingerprint density at radius 1 is 1.13 bits per heavy atom. The molecule has 1 aromatic carbocycles. The first-order valence-corrected chi connectivity index (χ1v) is 6.73. The molecule has 1 heterocycles. The minimum Gasteiger partial charge on any atom is -0.493 e. The van der Waals surface area contributed by atoms with Gasteiger partial charge >= 0.3 is 5.97 Å². The van der Waals surface area contributed by atoms with Gasteiger partial charge in [0.1, 0.15) is 6.10 Å². The zero-order valence-electron chi connectivity index (χ0n) is 13.3. The van der Waals surface area contributed by atoms with Crippen LogP contribution in [0.5, 0.6) is 17.2 Å². The van der Waals surface area contributed by atoms with Crippen LogP contribution < -0.4 is 19.9 Å². The minimum atomic E-state index is -0.647. The highest BCUT2D eigenvalue weighted by atomic mass is 16.6. The van der Waals surface area contributed by atoms with Gasteiger partial charge in [0.25, 0.3) is 0 Å². The highest BCUT2D eigenvalue weighted by Gasteiger charge is 2.21. The normalized spacial score (nSPS) is 11.7. The highest BCUT2D eigenvalue weighted by Crippen LogP contribution is 2.40. The molecule has 0 fully saturated rings. The second-order valence-corrected chi connectivity index (χ2v) is 4.62. The van der Waals surface area contributed by atoms with Crippen molar-refractivity contribution in [1.29, 1.82) is 0 Å². The van der Waals surface area contributed by atoms with Gasteiger partial charge in [0, 0.05) is 6.07 Å². The summed E-state index contributed by atoms with van der Waals surface area (Å²) in [5.74, 6) is 0.788. The van der Waals surface area contributed by atoms with Crippen LogP contribution >= 0.6 is 0 Å². The van der Waals surface area contributed by atoms with Crippen molar-refractivity contribution < 1.29 is 28.3 Å². The Bertz CT molecular complexity index is 672. The fourth-order valence-corrected chi connectivity index (χ4v) is 2.01. The highest BCUT2D eigenvalue weighted by molar-refractivity contribution is 5.87. The van der Waals surface area contributed by atoms with Crippen molar-refractivity contribution in [1.82, 2.24) is 5.16 Å². The van der Waals surface area contributed by atoms with Crippen molar-refractivity contribution in [2.75, 3.05) is 27.1 Å². The SMILES string of the molecule is COc1cc(C(C)OC(=O)c2cc(N)on2)cc(OC)c1OC. The molecule has 8 heteroatoms. The van der Waals surface area contributed by atoms with Crippen LogP contribution in [0.3, 0.4) is 0 Å². The molecule has 0 saturated heterocycles. The number of rotatable bonds is 6. The van der Waals surface area contributed by atoms with Gasteiger partial charge in [-0.15, -0.1) is 0 Å². The number of carbonyl (C=O) groups is 1. The summed E-state index contributed by atoms with van der Waals surface area (Å²) in [6, 6.07) is 4.71. The van der Waals surface area contributed by atoms with Crippen LogP contribution in [-0.4, -0.2) is 32.5 Å². The Labute approximate surface area is 133 Å². The van der Waals surface area contributed by atoms with Crippen molar-refractivity contribution >= 4 is 11.9 Å². The van der Waals surface area contributed by atoms with Crippen molar-refractivity contribution in [2.24, 2.45) is 0 Å². The molecule has 0 aliphatic rings. The van der Waals surface area contributed by atoms with Crippen molar-refractivity contribution in [3.8, 4) is 17.2 Å². The molecule has 8 nitrogen and oxygen atoms in total. The van der Waals surface area contributed by atoms with E-state index in [1.807, 2.05) is 0 Å². The lowest BCUT2D eigenvalue weighted by atomic mass is 10.1. The van der Waals surface area contributed by atoms with E-state index in [1.165, 1.54) is 27.4 Å². The van der Waals surface area contributed by atoms with Crippen LogP contribution in [-0.2, 0) is 4.74 Å². The summed E-state index contributed by atoms with van der Waals surface area (Å²) in [5.41, 5.74) is 6.05. The third-order valence-electron chi connectivity index (χ3n) is 3.18. The predicted octanol–water partition coefficient (Wildman–Crippen LogP) is 2.20. The fraction of sp³-hybridized carbons (Fsp3) is 0.333. The summed E-state index contributed by atoms with van der Waals surface area (Å²) >= 11 is 0. The maximum atomic E-state index is 12.0. The summed E-state index contributed by atoms with van der Waals surface area (Å²) in [6.07, 6.45) is -0.575. The molecule has 2 rings (SSSR count). The smallest absolute Gasteiger partial charge is 0.361 e. The van der Waals surface area contributed by atoms with Gasteiger partial charge in [0.05, 0.1) is 21.3 Å². The van der Waals surface area contributed by atoms with Gasteiger partial charge in [-0.2, -0.15) is 0 Å². The van der Waals surface area contributed by atoms with Gasteiger partial charge in [-0.1, -0.05) is 5.16 Å². The molecule has 0 saturated carbocycles. The topological polar surface area (TPSA) is 106 Å². The Hall–Kier alpha value is -2.90. The predicted molar refractivity (Wildman–Crippen MR) is 80.8 cm³/mol. The van der Waals surface area contributed by atoms with Crippen LogP contribution in [0.1, 0.15) is 29.1 Å². The molecule has 1 aromatic heterocycles. The van der Waals surface area contributed by atoms with Gasteiger partial charge in [0.15, 0.2) is 17.2 Å². The van der Waals surface area contributed by atoms with E-state index in [0.29, 0.717) is 22.8 Å². The molecule has 0 aliphatic heterocycles. The van der Waals surface area contributed by atoms with Crippen molar-refractivity contribution in [3.63, 3.8) is 0 Å². The molecule has 2 aromatic rings. The number of esters is 1. The molecular formula is C15H18N2O6. The van der Waals surface area contributed by atoms with E-state index >= 15 is 0 Å². The number of anilines is 1. The first kappa shape index (κ1) is 16.5.